The predicted molar refractivity (Wildman–Crippen MR) is 92.4 cm³/mol. The lowest BCUT2D eigenvalue weighted by Crippen LogP contribution is -2.39. The van der Waals surface area contributed by atoms with Crippen LogP contribution < -0.4 is 4.90 Å². The van der Waals surface area contributed by atoms with Gasteiger partial charge < -0.3 is 4.90 Å². The molecule has 4 rings (SSSR count). The van der Waals surface area contributed by atoms with Gasteiger partial charge in [0, 0.05) is 30.5 Å². The maximum Gasteiger partial charge on any atom is 0.180 e. The average molecular weight is 308 g/mol. The van der Waals surface area contributed by atoms with Gasteiger partial charge in [-0.3, -0.25) is 4.98 Å². The lowest BCUT2D eigenvalue weighted by Gasteiger charge is -2.37. The Hall–Kier alpha value is -1.97. The van der Waals surface area contributed by atoms with Gasteiger partial charge in [-0.05, 0) is 50.2 Å². The molecule has 2 fully saturated rings. The van der Waals surface area contributed by atoms with Gasteiger partial charge in [0.05, 0.1) is 0 Å². The van der Waals surface area contributed by atoms with E-state index >= 15 is 0 Å². The minimum atomic E-state index is 0.680. The van der Waals surface area contributed by atoms with Crippen LogP contribution in [0.5, 0.6) is 0 Å². The molecule has 1 atom stereocenters. The monoisotopic (exact) mass is 308 g/mol. The largest absolute Gasteiger partial charge is 0.353 e. The molecule has 1 saturated carbocycles. The molecule has 1 aliphatic carbocycles. The highest BCUT2D eigenvalue weighted by atomic mass is 15.2. The molecular formula is C19H24N4. The third-order valence-electron chi connectivity index (χ3n) is 5.31. The summed E-state index contributed by atoms with van der Waals surface area (Å²) in [5.41, 5.74) is 1.97. The summed E-state index contributed by atoms with van der Waals surface area (Å²) in [4.78, 5) is 16.5. The summed E-state index contributed by atoms with van der Waals surface area (Å²) in [7, 11) is 0. The van der Waals surface area contributed by atoms with E-state index in [4.69, 9.17) is 9.97 Å². The minimum absolute atomic E-state index is 0.680. The lowest BCUT2D eigenvalue weighted by atomic mass is 9.79. The Morgan fingerprint density at radius 1 is 1.13 bits per heavy atom. The maximum atomic E-state index is 4.88. The van der Waals surface area contributed by atoms with Crippen molar-refractivity contribution < 1.29 is 0 Å². The third-order valence-corrected chi connectivity index (χ3v) is 5.31. The van der Waals surface area contributed by atoms with Gasteiger partial charge in [0.1, 0.15) is 11.5 Å². The number of hydrogen-bond acceptors (Lipinski definition) is 4. The van der Waals surface area contributed by atoms with Crippen LogP contribution >= 0.6 is 0 Å². The van der Waals surface area contributed by atoms with Crippen molar-refractivity contribution in [1.29, 1.82) is 0 Å². The highest BCUT2D eigenvalue weighted by Crippen LogP contribution is 2.39. The molecule has 1 aliphatic heterocycles. The molecule has 0 radical (unpaired) electrons. The quantitative estimate of drug-likeness (QED) is 0.860. The van der Waals surface area contributed by atoms with Crippen molar-refractivity contribution in [3.8, 4) is 11.5 Å². The molecule has 2 aromatic heterocycles. The lowest BCUT2D eigenvalue weighted by molar-refractivity contribution is 0.261. The van der Waals surface area contributed by atoms with Gasteiger partial charge in [-0.2, -0.15) is 0 Å². The van der Waals surface area contributed by atoms with E-state index in [1.807, 2.05) is 24.4 Å². The molecule has 4 nitrogen and oxygen atoms in total. The summed E-state index contributed by atoms with van der Waals surface area (Å²) in [5.74, 6) is 2.74. The number of hydrogen-bond donors (Lipinski definition) is 0. The van der Waals surface area contributed by atoms with Gasteiger partial charge in [0.2, 0.25) is 0 Å². The van der Waals surface area contributed by atoms with Gasteiger partial charge in [0.15, 0.2) is 5.82 Å². The van der Waals surface area contributed by atoms with Crippen molar-refractivity contribution in [2.75, 3.05) is 11.4 Å². The fourth-order valence-electron chi connectivity index (χ4n) is 3.81. The van der Waals surface area contributed by atoms with E-state index in [1.165, 1.54) is 32.1 Å². The molecule has 0 amide bonds. The zero-order chi connectivity index (χ0) is 15.6. The molecule has 23 heavy (non-hydrogen) atoms. The van der Waals surface area contributed by atoms with Crippen molar-refractivity contribution in [2.24, 2.45) is 5.92 Å². The molecule has 2 aromatic rings. The van der Waals surface area contributed by atoms with Gasteiger partial charge in [-0.25, -0.2) is 9.97 Å². The van der Waals surface area contributed by atoms with Crippen LogP contribution in [-0.4, -0.2) is 27.5 Å². The Morgan fingerprint density at radius 2 is 2.04 bits per heavy atom. The van der Waals surface area contributed by atoms with Crippen LogP contribution in [0.25, 0.3) is 11.5 Å². The zero-order valence-corrected chi connectivity index (χ0v) is 13.8. The fourth-order valence-corrected chi connectivity index (χ4v) is 3.81. The zero-order valence-electron chi connectivity index (χ0n) is 13.8. The minimum Gasteiger partial charge on any atom is -0.353 e. The summed E-state index contributed by atoms with van der Waals surface area (Å²) in [6.45, 7) is 3.28. The molecular weight excluding hydrogens is 284 g/mol. The van der Waals surface area contributed by atoms with Gasteiger partial charge in [0.25, 0.3) is 0 Å². The third kappa shape index (κ3) is 2.82. The second-order valence-corrected chi connectivity index (χ2v) is 6.70. The number of rotatable bonds is 4. The SMILES string of the molecule is CCc1cc(N2CCCC2C2CCC2)nc(-c2ccccn2)n1. The van der Waals surface area contributed by atoms with E-state index in [0.29, 0.717) is 6.04 Å². The molecule has 1 saturated heterocycles. The standard InChI is InChI=1S/C19H24N4/c1-2-15-13-18(22-19(21-15)16-9-3-4-11-20-16)23-12-6-10-17(23)14-7-5-8-14/h3-4,9,11,13-14,17H,2,5-8,10,12H2,1H3. The Kier molecular flexibility index (Phi) is 3.98. The Labute approximate surface area is 138 Å². The van der Waals surface area contributed by atoms with E-state index in [-0.39, 0.29) is 0 Å². The van der Waals surface area contributed by atoms with Crippen molar-refractivity contribution in [3.05, 3.63) is 36.2 Å². The molecule has 3 heterocycles. The average Bonchev–Trinajstić information content (AvgIpc) is 3.02. The van der Waals surface area contributed by atoms with Gasteiger partial charge in [-0.1, -0.05) is 19.4 Å². The van der Waals surface area contributed by atoms with Crippen LogP contribution in [0.1, 0.15) is 44.7 Å². The van der Waals surface area contributed by atoms with Crippen molar-refractivity contribution in [2.45, 2.75) is 51.5 Å². The number of aryl methyl sites for hydroxylation is 1. The van der Waals surface area contributed by atoms with E-state index in [1.54, 1.807) is 0 Å². The summed E-state index contributed by atoms with van der Waals surface area (Å²) in [6, 6.07) is 8.79. The summed E-state index contributed by atoms with van der Waals surface area (Å²) < 4.78 is 0. The molecule has 120 valence electrons. The van der Waals surface area contributed by atoms with E-state index < -0.39 is 0 Å². The van der Waals surface area contributed by atoms with Crippen LogP contribution in [0, 0.1) is 5.92 Å². The number of nitrogens with zero attached hydrogens (tertiary/aromatic N) is 4. The first kappa shape index (κ1) is 14.6. The molecule has 2 aliphatic rings. The first-order valence-electron chi connectivity index (χ1n) is 8.91. The molecule has 0 spiro atoms. The van der Waals surface area contributed by atoms with Crippen molar-refractivity contribution in [3.63, 3.8) is 0 Å². The van der Waals surface area contributed by atoms with E-state index in [0.717, 1.165) is 41.9 Å². The van der Waals surface area contributed by atoms with Crippen LogP contribution in [0.2, 0.25) is 0 Å². The van der Waals surface area contributed by atoms with E-state index in [2.05, 4.69) is 22.9 Å². The Balaban J connectivity index is 1.70. The van der Waals surface area contributed by atoms with E-state index in [9.17, 15) is 0 Å². The Morgan fingerprint density at radius 3 is 2.74 bits per heavy atom. The smallest absolute Gasteiger partial charge is 0.180 e. The Bertz CT molecular complexity index is 666. The second kappa shape index (κ2) is 6.26. The number of aromatic nitrogens is 3. The van der Waals surface area contributed by atoms with Crippen LogP contribution in [0.15, 0.2) is 30.5 Å². The molecule has 1 unspecified atom stereocenters. The van der Waals surface area contributed by atoms with Gasteiger partial charge >= 0.3 is 0 Å². The molecule has 0 N–H and O–H groups in total. The van der Waals surface area contributed by atoms with Crippen molar-refractivity contribution >= 4 is 5.82 Å². The highest BCUT2D eigenvalue weighted by Gasteiger charge is 2.35. The summed E-state index contributed by atoms with van der Waals surface area (Å²) in [5, 5.41) is 0. The van der Waals surface area contributed by atoms with Crippen LogP contribution in [0.4, 0.5) is 5.82 Å². The van der Waals surface area contributed by atoms with Gasteiger partial charge in [-0.15, -0.1) is 0 Å². The summed E-state index contributed by atoms with van der Waals surface area (Å²) in [6.07, 6.45) is 9.51. The molecule has 0 aromatic carbocycles. The first-order chi connectivity index (χ1) is 11.3. The topological polar surface area (TPSA) is 41.9 Å². The molecule has 0 bridgehead atoms. The van der Waals surface area contributed by atoms with Crippen molar-refractivity contribution in [1.82, 2.24) is 15.0 Å². The van der Waals surface area contributed by atoms with Crippen LogP contribution in [-0.2, 0) is 6.42 Å². The number of pyridine rings is 1. The fraction of sp³-hybridized carbons (Fsp3) is 0.526. The predicted octanol–water partition coefficient (Wildman–Crippen LogP) is 3.87. The highest BCUT2D eigenvalue weighted by molar-refractivity contribution is 5.54. The van der Waals surface area contributed by atoms with Crippen LogP contribution in [0.3, 0.4) is 0 Å². The first-order valence-corrected chi connectivity index (χ1v) is 8.91. The maximum absolute atomic E-state index is 4.88. The number of anilines is 1. The molecule has 4 heteroatoms. The summed E-state index contributed by atoms with van der Waals surface area (Å²) >= 11 is 0. The normalized spacial score (nSPS) is 21.4. The second-order valence-electron chi connectivity index (χ2n) is 6.70.